The summed E-state index contributed by atoms with van der Waals surface area (Å²) in [5.74, 6) is -0.902. The predicted molar refractivity (Wildman–Crippen MR) is 158 cm³/mol. The Hall–Kier alpha value is -4.36. The number of Topliss-reactive ketones (excluding diaryl/α,β-unsaturated/α-hetero) is 1. The van der Waals surface area contributed by atoms with Crippen LogP contribution in [0.3, 0.4) is 0 Å². The lowest BCUT2D eigenvalue weighted by atomic mass is 9.81. The first-order valence-corrected chi connectivity index (χ1v) is 14.5. The van der Waals surface area contributed by atoms with Crippen LogP contribution >= 0.6 is 11.6 Å². The maximum atomic E-state index is 13.3. The molecule has 2 heterocycles. The van der Waals surface area contributed by atoms with E-state index in [0.29, 0.717) is 50.3 Å². The molecule has 4 atom stereocenters. The molecule has 3 aromatic carbocycles. The van der Waals surface area contributed by atoms with Crippen molar-refractivity contribution in [2.75, 3.05) is 11.5 Å². The molecule has 210 valence electrons. The first-order valence-electron chi connectivity index (χ1n) is 14.1. The molecule has 1 aliphatic heterocycles. The van der Waals surface area contributed by atoms with E-state index in [1.807, 2.05) is 19.1 Å². The van der Waals surface area contributed by atoms with Crippen LogP contribution in [0.4, 0.5) is 5.69 Å². The summed E-state index contributed by atoms with van der Waals surface area (Å²) in [7, 11) is 0. The van der Waals surface area contributed by atoms with Gasteiger partial charge in [-0.3, -0.25) is 19.3 Å². The molecule has 7 nitrogen and oxygen atoms in total. The Kier molecular flexibility index (Phi) is 6.43. The standard InChI is InChI=1S/C34H27ClN2O5/c1-18-5-7-20(8-6-18)28(38)17-42-34(41)25-16-27(36-31-24(25)3-2-4-26(31)35)19-11-13-23(14-12-19)37-32(39)29-21-9-10-22(15-21)30(29)33(37)40/h2-8,11-14,16,21-22,29-30H,9-10,15,17H2,1H3. The Balaban J connectivity index is 1.17. The number of amides is 2. The van der Waals surface area contributed by atoms with Gasteiger partial charge < -0.3 is 4.74 Å². The number of ketones is 1. The van der Waals surface area contributed by atoms with Crippen molar-refractivity contribution in [2.45, 2.75) is 26.2 Å². The second-order valence-corrected chi connectivity index (χ2v) is 11.9. The van der Waals surface area contributed by atoms with Crippen molar-refractivity contribution in [3.63, 3.8) is 0 Å². The van der Waals surface area contributed by atoms with Gasteiger partial charge in [0.05, 0.1) is 39.3 Å². The number of ether oxygens (including phenoxy) is 1. The normalized spacial score (nSPS) is 22.6. The summed E-state index contributed by atoms with van der Waals surface area (Å²) in [6, 6.07) is 20.9. The Labute approximate surface area is 247 Å². The van der Waals surface area contributed by atoms with E-state index in [-0.39, 0.29) is 35.0 Å². The average Bonchev–Trinajstić information content (AvgIpc) is 3.69. The molecule has 8 heteroatoms. The van der Waals surface area contributed by atoms with Gasteiger partial charge in [-0.15, -0.1) is 0 Å². The van der Waals surface area contributed by atoms with Gasteiger partial charge in [-0.1, -0.05) is 65.7 Å². The quantitative estimate of drug-likeness (QED) is 0.148. The van der Waals surface area contributed by atoms with Gasteiger partial charge in [0.25, 0.3) is 0 Å². The Morgan fingerprint density at radius 2 is 1.60 bits per heavy atom. The lowest BCUT2D eigenvalue weighted by Crippen LogP contribution is -2.32. The number of benzene rings is 3. The van der Waals surface area contributed by atoms with Crippen molar-refractivity contribution in [1.29, 1.82) is 0 Å². The van der Waals surface area contributed by atoms with Crippen molar-refractivity contribution in [3.05, 3.63) is 94.5 Å². The number of carbonyl (C=O) groups is 4. The molecule has 2 aliphatic carbocycles. The number of para-hydroxylation sites is 1. The van der Waals surface area contributed by atoms with Crippen molar-refractivity contribution in [2.24, 2.45) is 23.7 Å². The summed E-state index contributed by atoms with van der Waals surface area (Å²) in [5, 5.41) is 0.871. The summed E-state index contributed by atoms with van der Waals surface area (Å²) in [6.07, 6.45) is 3.04. The Bertz CT molecular complexity index is 1750. The van der Waals surface area contributed by atoms with Gasteiger partial charge in [0, 0.05) is 16.5 Å². The lowest BCUT2D eigenvalue weighted by molar-refractivity contribution is -0.123. The molecule has 42 heavy (non-hydrogen) atoms. The van der Waals surface area contributed by atoms with Crippen molar-refractivity contribution in [1.82, 2.24) is 4.98 Å². The highest BCUT2D eigenvalue weighted by Crippen LogP contribution is 2.56. The molecule has 2 amide bonds. The molecule has 4 unspecified atom stereocenters. The van der Waals surface area contributed by atoms with E-state index >= 15 is 0 Å². The van der Waals surface area contributed by atoms with Crippen LogP contribution in [0.5, 0.6) is 0 Å². The monoisotopic (exact) mass is 578 g/mol. The van der Waals surface area contributed by atoms with Crippen LogP contribution in [0.2, 0.25) is 5.02 Å². The zero-order chi connectivity index (χ0) is 29.1. The SMILES string of the molecule is Cc1ccc(C(=O)COC(=O)c2cc(-c3ccc(N4C(=O)C5C6CCC(C6)C5C4=O)cc3)nc3c(Cl)cccc23)cc1. The van der Waals surface area contributed by atoms with Crippen LogP contribution in [0.1, 0.15) is 45.5 Å². The van der Waals surface area contributed by atoms with E-state index in [1.54, 1.807) is 60.7 Å². The summed E-state index contributed by atoms with van der Waals surface area (Å²) >= 11 is 6.48. The smallest absolute Gasteiger partial charge is 0.339 e. The van der Waals surface area contributed by atoms with Crippen molar-refractivity contribution >= 4 is 51.8 Å². The minimum atomic E-state index is -0.669. The molecule has 2 saturated carbocycles. The molecule has 1 saturated heterocycles. The second kappa shape index (κ2) is 10.2. The molecular formula is C34H27ClN2O5. The van der Waals surface area contributed by atoms with Gasteiger partial charge in [-0.05, 0) is 62.3 Å². The first-order chi connectivity index (χ1) is 20.3. The van der Waals surface area contributed by atoms with Crippen LogP contribution in [0.25, 0.3) is 22.2 Å². The van der Waals surface area contributed by atoms with Crippen molar-refractivity contribution < 1.29 is 23.9 Å². The molecule has 1 aromatic heterocycles. The third-order valence-corrected chi connectivity index (χ3v) is 9.37. The fraction of sp³-hybridized carbons (Fsp3) is 0.265. The number of halogens is 1. The maximum Gasteiger partial charge on any atom is 0.339 e. The van der Waals surface area contributed by atoms with E-state index in [1.165, 1.54) is 4.90 Å². The van der Waals surface area contributed by atoms with E-state index in [9.17, 15) is 19.2 Å². The molecule has 0 radical (unpaired) electrons. The number of hydrogen-bond donors (Lipinski definition) is 0. The predicted octanol–water partition coefficient (Wildman–Crippen LogP) is 6.44. The minimum Gasteiger partial charge on any atom is -0.454 e. The average molecular weight is 579 g/mol. The number of nitrogens with zero attached hydrogens (tertiary/aromatic N) is 2. The van der Waals surface area contributed by atoms with E-state index < -0.39 is 12.6 Å². The zero-order valence-electron chi connectivity index (χ0n) is 22.9. The summed E-state index contributed by atoms with van der Waals surface area (Å²) in [4.78, 5) is 58.5. The first kappa shape index (κ1) is 26.5. The molecule has 3 aliphatic rings. The minimum absolute atomic E-state index is 0.0919. The third-order valence-electron chi connectivity index (χ3n) is 9.07. The summed E-state index contributed by atoms with van der Waals surface area (Å²) < 4.78 is 5.44. The van der Waals surface area contributed by atoms with Crippen LogP contribution in [-0.4, -0.2) is 35.2 Å². The molecule has 4 aromatic rings. The summed E-state index contributed by atoms with van der Waals surface area (Å²) in [6.45, 7) is 1.52. The number of aryl methyl sites for hydroxylation is 1. The number of carbonyl (C=O) groups excluding carboxylic acids is 4. The molecule has 0 N–H and O–H groups in total. The van der Waals surface area contributed by atoms with E-state index in [0.717, 1.165) is 24.8 Å². The largest absolute Gasteiger partial charge is 0.454 e. The zero-order valence-corrected chi connectivity index (χ0v) is 23.6. The number of fused-ring (bicyclic) bond motifs is 6. The number of aromatic nitrogens is 1. The number of rotatable bonds is 6. The lowest BCUT2D eigenvalue weighted by Gasteiger charge is -2.19. The van der Waals surface area contributed by atoms with Crippen LogP contribution in [0, 0.1) is 30.6 Å². The topological polar surface area (TPSA) is 93.6 Å². The van der Waals surface area contributed by atoms with Crippen LogP contribution in [-0.2, 0) is 14.3 Å². The second-order valence-electron chi connectivity index (χ2n) is 11.5. The van der Waals surface area contributed by atoms with Crippen LogP contribution in [0.15, 0.2) is 72.8 Å². The van der Waals surface area contributed by atoms with Crippen LogP contribution < -0.4 is 4.90 Å². The third kappa shape index (κ3) is 4.31. The Morgan fingerprint density at radius 3 is 2.26 bits per heavy atom. The summed E-state index contributed by atoms with van der Waals surface area (Å²) in [5.41, 5.74) is 3.81. The molecule has 3 fully saturated rings. The van der Waals surface area contributed by atoms with Gasteiger partial charge in [-0.25, -0.2) is 9.78 Å². The van der Waals surface area contributed by atoms with Gasteiger partial charge >= 0.3 is 5.97 Å². The molecule has 2 bridgehead atoms. The highest BCUT2D eigenvalue weighted by Gasteiger charge is 2.61. The molecule has 7 rings (SSSR count). The van der Waals surface area contributed by atoms with Crippen molar-refractivity contribution in [3.8, 4) is 11.3 Å². The highest BCUT2D eigenvalue weighted by molar-refractivity contribution is 6.35. The number of anilines is 1. The fourth-order valence-electron chi connectivity index (χ4n) is 7.01. The van der Waals surface area contributed by atoms with Gasteiger partial charge in [0.1, 0.15) is 0 Å². The number of pyridine rings is 1. The van der Waals surface area contributed by atoms with Gasteiger partial charge in [-0.2, -0.15) is 0 Å². The number of esters is 1. The van der Waals surface area contributed by atoms with Gasteiger partial charge in [0.15, 0.2) is 12.4 Å². The van der Waals surface area contributed by atoms with Gasteiger partial charge in [0.2, 0.25) is 11.8 Å². The molecule has 0 spiro atoms. The number of hydrogen-bond acceptors (Lipinski definition) is 6. The van der Waals surface area contributed by atoms with E-state index in [2.05, 4.69) is 0 Å². The maximum absolute atomic E-state index is 13.3. The fourth-order valence-corrected chi connectivity index (χ4v) is 7.22. The Morgan fingerprint density at radius 1 is 0.929 bits per heavy atom. The van der Waals surface area contributed by atoms with E-state index in [4.69, 9.17) is 21.3 Å². The number of imide groups is 1. The molecular weight excluding hydrogens is 552 g/mol. The highest BCUT2D eigenvalue weighted by atomic mass is 35.5.